The molecule has 0 atom stereocenters. The van der Waals surface area contributed by atoms with Gasteiger partial charge in [0.1, 0.15) is 6.61 Å². The summed E-state index contributed by atoms with van der Waals surface area (Å²) in [7, 11) is 0. The van der Waals surface area contributed by atoms with Gasteiger partial charge in [0.25, 0.3) is 0 Å². The first-order chi connectivity index (χ1) is 10.6. The molecular formula is C18H15BrO3. The molecule has 0 amide bonds. The van der Waals surface area contributed by atoms with Gasteiger partial charge in [-0.15, -0.1) is 0 Å². The van der Waals surface area contributed by atoms with E-state index in [-0.39, 0.29) is 12.4 Å². The van der Waals surface area contributed by atoms with Crippen molar-refractivity contribution in [2.45, 2.75) is 6.92 Å². The molecule has 0 aromatic heterocycles. The van der Waals surface area contributed by atoms with E-state index in [1.807, 2.05) is 30.3 Å². The molecule has 3 nitrogen and oxygen atoms in total. The quantitative estimate of drug-likeness (QED) is 0.455. The van der Waals surface area contributed by atoms with Crippen LogP contribution in [-0.4, -0.2) is 18.4 Å². The fourth-order valence-electron chi connectivity index (χ4n) is 1.91. The molecule has 0 saturated heterocycles. The Bertz CT molecular complexity index is 705. The molecule has 2 aromatic rings. The highest BCUT2D eigenvalue weighted by Crippen LogP contribution is 2.20. The zero-order valence-corrected chi connectivity index (χ0v) is 13.7. The maximum atomic E-state index is 12.6. The van der Waals surface area contributed by atoms with Gasteiger partial charge < -0.3 is 4.74 Å². The van der Waals surface area contributed by atoms with Gasteiger partial charge in [-0.2, -0.15) is 0 Å². The van der Waals surface area contributed by atoms with Gasteiger partial charge in [-0.05, 0) is 17.7 Å². The topological polar surface area (TPSA) is 43.4 Å². The number of hydrogen-bond acceptors (Lipinski definition) is 3. The van der Waals surface area contributed by atoms with Crippen LogP contribution in [0.25, 0.3) is 6.08 Å². The zero-order chi connectivity index (χ0) is 15.9. The lowest BCUT2D eigenvalue weighted by atomic mass is 10.0. The highest BCUT2D eigenvalue weighted by atomic mass is 79.9. The van der Waals surface area contributed by atoms with Gasteiger partial charge in [0.05, 0.1) is 0 Å². The fourth-order valence-corrected chi connectivity index (χ4v) is 2.31. The summed E-state index contributed by atoms with van der Waals surface area (Å²) in [5.41, 5.74) is 1.84. The zero-order valence-electron chi connectivity index (χ0n) is 12.1. The van der Waals surface area contributed by atoms with E-state index in [0.717, 1.165) is 10.0 Å². The first kappa shape index (κ1) is 16.2. The summed E-state index contributed by atoms with van der Waals surface area (Å²) in [6, 6.07) is 16.5. The fraction of sp³-hybridized carbons (Fsp3) is 0.111. The Kier molecular flexibility index (Phi) is 5.67. The van der Waals surface area contributed by atoms with Crippen LogP contribution in [-0.2, 0) is 9.53 Å². The number of Topliss-reactive ketones (excluding diaryl/α,β-unsaturated/α-hetero) is 1. The molecule has 0 aliphatic rings. The smallest absolute Gasteiger partial charge is 0.302 e. The van der Waals surface area contributed by atoms with Crippen molar-refractivity contribution < 1.29 is 14.3 Å². The van der Waals surface area contributed by atoms with E-state index in [9.17, 15) is 9.59 Å². The Morgan fingerprint density at radius 3 is 2.32 bits per heavy atom. The van der Waals surface area contributed by atoms with E-state index >= 15 is 0 Å². The van der Waals surface area contributed by atoms with Crippen LogP contribution < -0.4 is 0 Å². The van der Waals surface area contributed by atoms with Crippen LogP contribution in [0.2, 0.25) is 0 Å². The number of hydrogen-bond donors (Lipinski definition) is 0. The predicted molar refractivity (Wildman–Crippen MR) is 89.5 cm³/mol. The molecule has 0 radical (unpaired) electrons. The molecule has 0 aliphatic carbocycles. The maximum absolute atomic E-state index is 12.6. The van der Waals surface area contributed by atoms with Crippen molar-refractivity contribution in [1.82, 2.24) is 0 Å². The Morgan fingerprint density at radius 2 is 1.68 bits per heavy atom. The first-order valence-electron chi connectivity index (χ1n) is 6.76. The van der Waals surface area contributed by atoms with Crippen LogP contribution in [0.1, 0.15) is 22.8 Å². The standard InChI is InChI=1S/C18H15BrO3/c1-13(20)22-12-16(11-15-9-5-6-10-17(15)19)18(21)14-7-3-2-4-8-14/h2-11H,12H2,1H3/b16-11+. The van der Waals surface area contributed by atoms with E-state index in [2.05, 4.69) is 15.9 Å². The van der Waals surface area contributed by atoms with Crippen LogP contribution in [0, 0.1) is 0 Å². The van der Waals surface area contributed by atoms with E-state index < -0.39 is 5.97 Å². The number of ether oxygens (including phenoxy) is 1. The van der Waals surface area contributed by atoms with E-state index in [1.165, 1.54) is 6.92 Å². The minimum absolute atomic E-state index is 0.0512. The van der Waals surface area contributed by atoms with Crippen molar-refractivity contribution in [2.75, 3.05) is 6.61 Å². The summed E-state index contributed by atoms with van der Waals surface area (Å²) >= 11 is 3.45. The maximum Gasteiger partial charge on any atom is 0.302 e. The molecule has 112 valence electrons. The molecule has 0 unspecified atom stereocenters. The van der Waals surface area contributed by atoms with Crippen molar-refractivity contribution in [3.05, 3.63) is 75.8 Å². The summed E-state index contributed by atoms with van der Waals surface area (Å²) in [6.45, 7) is 1.27. The summed E-state index contributed by atoms with van der Waals surface area (Å²) < 4.78 is 5.89. The van der Waals surface area contributed by atoms with Gasteiger partial charge in [0.15, 0.2) is 5.78 Å². The van der Waals surface area contributed by atoms with Crippen molar-refractivity contribution in [3.63, 3.8) is 0 Å². The Labute approximate surface area is 137 Å². The number of carbonyl (C=O) groups is 2. The highest BCUT2D eigenvalue weighted by Gasteiger charge is 2.14. The number of carbonyl (C=O) groups excluding carboxylic acids is 2. The van der Waals surface area contributed by atoms with Crippen LogP contribution in [0.5, 0.6) is 0 Å². The van der Waals surface area contributed by atoms with Gasteiger partial charge in [-0.3, -0.25) is 9.59 Å². The summed E-state index contributed by atoms with van der Waals surface area (Å²) in [5, 5.41) is 0. The van der Waals surface area contributed by atoms with Crippen LogP contribution in [0.15, 0.2) is 64.6 Å². The third-order valence-corrected chi connectivity index (χ3v) is 3.72. The average molecular weight is 359 g/mol. The molecule has 2 rings (SSSR count). The summed E-state index contributed by atoms with van der Waals surface area (Å²) in [4.78, 5) is 23.7. The Morgan fingerprint density at radius 1 is 1.05 bits per heavy atom. The molecular weight excluding hydrogens is 344 g/mol. The molecule has 4 heteroatoms. The number of esters is 1. The van der Waals surface area contributed by atoms with Gasteiger partial charge in [-0.25, -0.2) is 0 Å². The molecule has 0 fully saturated rings. The van der Waals surface area contributed by atoms with E-state index in [4.69, 9.17) is 4.74 Å². The second kappa shape index (κ2) is 7.71. The van der Waals surface area contributed by atoms with Crippen molar-refractivity contribution >= 4 is 33.8 Å². The third-order valence-electron chi connectivity index (χ3n) is 2.99. The minimum Gasteiger partial charge on any atom is -0.461 e. The van der Waals surface area contributed by atoms with Crippen LogP contribution >= 0.6 is 15.9 Å². The number of benzene rings is 2. The van der Waals surface area contributed by atoms with Crippen molar-refractivity contribution in [3.8, 4) is 0 Å². The Balaban J connectivity index is 2.36. The number of rotatable bonds is 5. The molecule has 0 heterocycles. The van der Waals surface area contributed by atoms with Gasteiger partial charge in [-0.1, -0.05) is 64.5 Å². The normalized spacial score (nSPS) is 11.1. The van der Waals surface area contributed by atoms with E-state index in [0.29, 0.717) is 11.1 Å². The lowest BCUT2D eigenvalue weighted by Gasteiger charge is -2.08. The SMILES string of the molecule is CC(=O)OC/C(=C\c1ccccc1Br)C(=O)c1ccccc1. The lowest BCUT2D eigenvalue weighted by molar-refractivity contribution is -0.139. The van der Waals surface area contributed by atoms with Crippen LogP contribution in [0.4, 0.5) is 0 Å². The van der Waals surface area contributed by atoms with Crippen molar-refractivity contribution in [1.29, 1.82) is 0 Å². The number of ketones is 1. The third kappa shape index (κ3) is 4.40. The molecule has 0 spiro atoms. The summed E-state index contributed by atoms with van der Waals surface area (Å²) in [5.74, 6) is -0.573. The first-order valence-corrected chi connectivity index (χ1v) is 7.55. The molecule has 0 bridgehead atoms. The van der Waals surface area contributed by atoms with E-state index in [1.54, 1.807) is 30.3 Å². The van der Waals surface area contributed by atoms with Gasteiger partial charge in [0, 0.05) is 22.5 Å². The molecule has 0 N–H and O–H groups in total. The molecule has 22 heavy (non-hydrogen) atoms. The second-order valence-corrected chi connectivity index (χ2v) is 5.52. The predicted octanol–water partition coefficient (Wildman–Crippen LogP) is 4.28. The second-order valence-electron chi connectivity index (χ2n) is 4.67. The molecule has 2 aromatic carbocycles. The minimum atomic E-state index is -0.418. The monoisotopic (exact) mass is 358 g/mol. The lowest BCUT2D eigenvalue weighted by Crippen LogP contribution is -2.12. The highest BCUT2D eigenvalue weighted by molar-refractivity contribution is 9.10. The van der Waals surface area contributed by atoms with Gasteiger partial charge in [0.2, 0.25) is 0 Å². The number of halogens is 1. The molecule has 0 aliphatic heterocycles. The molecule has 0 saturated carbocycles. The summed E-state index contributed by atoms with van der Waals surface area (Å²) in [6.07, 6.45) is 1.74. The Hall–Kier alpha value is -2.20. The van der Waals surface area contributed by atoms with Crippen molar-refractivity contribution in [2.24, 2.45) is 0 Å². The van der Waals surface area contributed by atoms with Crippen LogP contribution in [0.3, 0.4) is 0 Å². The largest absolute Gasteiger partial charge is 0.461 e. The van der Waals surface area contributed by atoms with Gasteiger partial charge >= 0.3 is 5.97 Å². The average Bonchev–Trinajstić information content (AvgIpc) is 2.53.